The van der Waals surface area contributed by atoms with Crippen LogP contribution >= 0.6 is 0 Å². The number of ether oxygens (including phenoxy) is 1. The van der Waals surface area contributed by atoms with Crippen molar-refractivity contribution in [3.8, 4) is 5.75 Å². The molecular formula is C17H25NO2. The van der Waals surface area contributed by atoms with Crippen molar-refractivity contribution >= 4 is 0 Å². The summed E-state index contributed by atoms with van der Waals surface area (Å²) >= 11 is 0. The van der Waals surface area contributed by atoms with Gasteiger partial charge in [-0.2, -0.15) is 0 Å². The first-order valence-electron chi connectivity index (χ1n) is 7.72. The Labute approximate surface area is 121 Å². The number of nitrogens with zero attached hydrogens (tertiary/aromatic N) is 1. The molecule has 1 N–H and O–H groups in total. The first-order chi connectivity index (χ1) is 9.57. The summed E-state index contributed by atoms with van der Waals surface area (Å²) in [5, 5.41) is 11.0. The Bertz CT molecular complexity index is 476. The van der Waals surface area contributed by atoms with Crippen molar-refractivity contribution in [2.75, 3.05) is 20.2 Å². The molecule has 3 nitrogen and oxygen atoms in total. The van der Waals surface area contributed by atoms with E-state index in [1.165, 1.54) is 5.56 Å². The average Bonchev–Trinajstić information content (AvgIpc) is 2.44. The van der Waals surface area contributed by atoms with Crippen LogP contribution in [0.5, 0.6) is 5.75 Å². The highest BCUT2D eigenvalue weighted by atomic mass is 16.5. The maximum Gasteiger partial charge on any atom is 0.122 e. The lowest BCUT2D eigenvalue weighted by Crippen LogP contribution is -2.48. The Morgan fingerprint density at radius 1 is 1.40 bits per heavy atom. The van der Waals surface area contributed by atoms with Crippen LogP contribution in [0.1, 0.15) is 44.1 Å². The molecule has 3 atom stereocenters. The van der Waals surface area contributed by atoms with E-state index in [9.17, 15) is 5.11 Å². The van der Waals surface area contributed by atoms with E-state index in [4.69, 9.17) is 4.74 Å². The molecule has 0 saturated carbocycles. The molecule has 3 unspecified atom stereocenters. The molecule has 0 spiro atoms. The molecule has 1 fully saturated rings. The molecule has 0 aromatic heterocycles. The number of hydrogen-bond acceptors (Lipinski definition) is 3. The van der Waals surface area contributed by atoms with Gasteiger partial charge in [-0.05, 0) is 57.2 Å². The quantitative estimate of drug-likeness (QED) is 0.901. The lowest BCUT2D eigenvalue weighted by Gasteiger charge is -2.43. The zero-order valence-corrected chi connectivity index (χ0v) is 12.5. The minimum atomic E-state index is -0.513. The Kier molecular flexibility index (Phi) is 3.74. The highest BCUT2D eigenvalue weighted by Gasteiger charge is 2.38. The Morgan fingerprint density at radius 2 is 2.20 bits per heavy atom. The summed E-state index contributed by atoms with van der Waals surface area (Å²) in [4.78, 5) is 2.34. The van der Waals surface area contributed by atoms with Crippen LogP contribution in [0.15, 0.2) is 24.3 Å². The van der Waals surface area contributed by atoms with Crippen LogP contribution in [0.3, 0.4) is 0 Å². The van der Waals surface area contributed by atoms with Crippen LogP contribution in [0.4, 0.5) is 0 Å². The summed E-state index contributed by atoms with van der Waals surface area (Å²) in [7, 11) is 2.15. The first kappa shape index (κ1) is 13.9. The Morgan fingerprint density at radius 3 is 3.00 bits per heavy atom. The number of para-hydroxylation sites is 1. The number of rotatable bonds is 2. The van der Waals surface area contributed by atoms with Gasteiger partial charge in [-0.15, -0.1) is 0 Å². The summed E-state index contributed by atoms with van der Waals surface area (Å²) in [5.74, 6) is 1.44. The molecule has 20 heavy (non-hydrogen) atoms. The second kappa shape index (κ2) is 5.38. The molecule has 0 aliphatic carbocycles. The fourth-order valence-electron chi connectivity index (χ4n) is 3.68. The van der Waals surface area contributed by atoms with E-state index in [0.717, 1.165) is 44.6 Å². The van der Waals surface area contributed by atoms with Gasteiger partial charge in [0.05, 0.1) is 12.2 Å². The van der Waals surface area contributed by atoms with Gasteiger partial charge < -0.3 is 14.7 Å². The molecule has 1 aromatic rings. The lowest BCUT2D eigenvalue weighted by atomic mass is 9.76. The zero-order chi connectivity index (χ0) is 14.2. The summed E-state index contributed by atoms with van der Waals surface area (Å²) in [5.41, 5.74) is 0.764. The topological polar surface area (TPSA) is 32.7 Å². The van der Waals surface area contributed by atoms with Crippen LogP contribution in [0.2, 0.25) is 0 Å². The predicted molar refractivity (Wildman–Crippen MR) is 80.2 cm³/mol. The fourth-order valence-corrected chi connectivity index (χ4v) is 3.68. The Hall–Kier alpha value is -1.06. The summed E-state index contributed by atoms with van der Waals surface area (Å²) < 4.78 is 5.72. The van der Waals surface area contributed by atoms with Gasteiger partial charge >= 0.3 is 0 Å². The molecule has 0 radical (unpaired) electrons. The third kappa shape index (κ3) is 2.70. The maximum absolute atomic E-state index is 11.0. The van der Waals surface area contributed by atoms with Crippen molar-refractivity contribution in [1.29, 1.82) is 0 Å². The van der Waals surface area contributed by atoms with Crippen LogP contribution in [-0.4, -0.2) is 41.8 Å². The molecule has 3 heteroatoms. The Balaban J connectivity index is 1.75. The molecule has 2 heterocycles. The van der Waals surface area contributed by atoms with Crippen molar-refractivity contribution < 1.29 is 9.84 Å². The van der Waals surface area contributed by atoms with Gasteiger partial charge in [0, 0.05) is 12.6 Å². The maximum atomic E-state index is 11.0. The second-order valence-electron chi connectivity index (χ2n) is 6.58. The molecule has 3 rings (SSSR count). The van der Waals surface area contributed by atoms with E-state index in [0.29, 0.717) is 12.0 Å². The van der Waals surface area contributed by atoms with Crippen molar-refractivity contribution in [2.45, 2.75) is 50.2 Å². The third-order valence-electron chi connectivity index (χ3n) is 5.07. The van der Waals surface area contributed by atoms with E-state index < -0.39 is 5.60 Å². The van der Waals surface area contributed by atoms with Gasteiger partial charge in [0.2, 0.25) is 0 Å². The van der Waals surface area contributed by atoms with E-state index in [2.05, 4.69) is 31.0 Å². The van der Waals surface area contributed by atoms with Crippen LogP contribution in [-0.2, 0) is 0 Å². The van der Waals surface area contributed by atoms with E-state index in [-0.39, 0.29) is 0 Å². The average molecular weight is 275 g/mol. The molecule has 1 saturated heterocycles. The van der Waals surface area contributed by atoms with Crippen molar-refractivity contribution in [3.05, 3.63) is 29.8 Å². The van der Waals surface area contributed by atoms with Crippen LogP contribution < -0.4 is 4.74 Å². The SMILES string of the molecule is CC1CC(O)(CC2CCOc3ccccc32)CCN1C. The molecule has 110 valence electrons. The summed E-state index contributed by atoms with van der Waals surface area (Å²) in [6, 6.07) is 8.75. The molecule has 2 aliphatic rings. The smallest absolute Gasteiger partial charge is 0.122 e. The third-order valence-corrected chi connectivity index (χ3v) is 5.07. The normalized spacial score (nSPS) is 34.4. The molecule has 0 amide bonds. The fraction of sp³-hybridized carbons (Fsp3) is 0.647. The van der Waals surface area contributed by atoms with Gasteiger partial charge in [-0.25, -0.2) is 0 Å². The molecular weight excluding hydrogens is 250 g/mol. The van der Waals surface area contributed by atoms with Crippen molar-refractivity contribution in [3.63, 3.8) is 0 Å². The monoisotopic (exact) mass is 275 g/mol. The lowest BCUT2D eigenvalue weighted by molar-refractivity contribution is -0.0484. The van der Waals surface area contributed by atoms with Crippen molar-refractivity contribution in [2.24, 2.45) is 0 Å². The number of likely N-dealkylation sites (tertiary alicyclic amines) is 1. The predicted octanol–water partition coefficient (Wildman–Crippen LogP) is 2.79. The largest absolute Gasteiger partial charge is 0.493 e. The number of fused-ring (bicyclic) bond motifs is 1. The van der Waals surface area contributed by atoms with Crippen LogP contribution in [0, 0.1) is 0 Å². The molecule has 0 bridgehead atoms. The number of benzene rings is 1. The van der Waals surface area contributed by atoms with Gasteiger partial charge in [0.1, 0.15) is 5.75 Å². The highest BCUT2D eigenvalue weighted by Crippen LogP contribution is 2.41. The first-order valence-corrected chi connectivity index (χ1v) is 7.72. The zero-order valence-electron chi connectivity index (χ0n) is 12.5. The molecule has 1 aromatic carbocycles. The van der Waals surface area contributed by atoms with E-state index in [1.807, 2.05) is 12.1 Å². The van der Waals surface area contributed by atoms with E-state index >= 15 is 0 Å². The minimum Gasteiger partial charge on any atom is -0.493 e. The minimum absolute atomic E-state index is 0.431. The van der Waals surface area contributed by atoms with Gasteiger partial charge in [-0.3, -0.25) is 0 Å². The van der Waals surface area contributed by atoms with Gasteiger partial charge in [0.15, 0.2) is 0 Å². The highest BCUT2D eigenvalue weighted by molar-refractivity contribution is 5.38. The summed E-state index contributed by atoms with van der Waals surface area (Å²) in [6.07, 6.45) is 3.64. The molecule has 2 aliphatic heterocycles. The number of hydrogen-bond donors (Lipinski definition) is 1. The number of aliphatic hydroxyl groups is 1. The second-order valence-corrected chi connectivity index (χ2v) is 6.58. The van der Waals surface area contributed by atoms with E-state index in [1.54, 1.807) is 0 Å². The van der Waals surface area contributed by atoms with Gasteiger partial charge in [0.25, 0.3) is 0 Å². The number of piperidine rings is 1. The van der Waals surface area contributed by atoms with Gasteiger partial charge in [-0.1, -0.05) is 18.2 Å². The standard InChI is InChI=1S/C17H25NO2/c1-13-11-17(19,8-9-18(13)2)12-14-7-10-20-16-6-4-3-5-15(14)16/h3-6,13-14,19H,7-12H2,1-2H3. The van der Waals surface area contributed by atoms with Crippen LogP contribution in [0.25, 0.3) is 0 Å². The summed E-state index contributed by atoms with van der Waals surface area (Å²) in [6.45, 7) is 3.97. The van der Waals surface area contributed by atoms with Crippen molar-refractivity contribution in [1.82, 2.24) is 4.90 Å².